The van der Waals surface area contributed by atoms with Gasteiger partial charge < -0.3 is 14.8 Å². The lowest BCUT2D eigenvalue weighted by Gasteiger charge is -2.28. The second-order valence-corrected chi connectivity index (χ2v) is 9.02. The molecule has 166 valence electrons. The van der Waals surface area contributed by atoms with Gasteiger partial charge >= 0.3 is 0 Å². The molecule has 2 atom stereocenters. The summed E-state index contributed by atoms with van der Waals surface area (Å²) in [6.45, 7) is 4.91. The molecule has 0 amide bonds. The first kappa shape index (κ1) is 21.6. The fraction of sp³-hybridized carbons (Fsp3) is 0.192. The van der Waals surface area contributed by atoms with E-state index >= 15 is 0 Å². The van der Waals surface area contributed by atoms with Gasteiger partial charge in [0.05, 0.1) is 28.5 Å². The van der Waals surface area contributed by atoms with Crippen LogP contribution in [-0.4, -0.2) is 24.5 Å². The standard InChI is InChI=1S/C26H24ClN5S/c1-17-14-20(18(2)32(17)23-11-4-3-9-21(23)27)25-24(22-10-5-6-13-29-22)30-26(33)31(25)16-19-8-7-12-28-15-19/h3-15,24-25H,16H2,1-2H3,(H,30,33)/t24-,25-/m1/s1. The number of nitrogens with zero attached hydrogens (tertiary/aromatic N) is 4. The summed E-state index contributed by atoms with van der Waals surface area (Å²) in [5.74, 6) is 0. The normalized spacial score (nSPS) is 17.9. The van der Waals surface area contributed by atoms with E-state index in [-0.39, 0.29) is 12.1 Å². The van der Waals surface area contributed by atoms with Crippen LogP contribution in [0.25, 0.3) is 5.69 Å². The number of pyridine rings is 2. The Balaban J connectivity index is 1.63. The maximum absolute atomic E-state index is 6.57. The van der Waals surface area contributed by atoms with E-state index in [0.717, 1.165) is 33.4 Å². The average molecular weight is 474 g/mol. The van der Waals surface area contributed by atoms with Gasteiger partial charge in [0.25, 0.3) is 0 Å². The van der Waals surface area contributed by atoms with E-state index in [1.807, 2.05) is 60.9 Å². The largest absolute Gasteiger partial charge is 0.352 e. The zero-order valence-electron chi connectivity index (χ0n) is 18.4. The molecule has 1 fully saturated rings. The number of nitrogens with one attached hydrogen (secondary N) is 1. The van der Waals surface area contributed by atoms with Crippen molar-refractivity contribution in [1.82, 2.24) is 24.8 Å². The Bertz CT molecular complexity index is 1290. The van der Waals surface area contributed by atoms with Crippen LogP contribution in [0.2, 0.25) is 5.02 Å². The quantitative estimate of drug-likeness (QED) is 0.376. The van der Waals surface area contributed by atoms with Gasteiger partial charge in [-0.1, -0.05) is 35.9 Å². The van der Waals surface area contributed by atoms with Gasteiger partial charge in [0.2, 0.25) is 0 Å². The number of benzene rings is 1. The molecule has 4 aromatic rings. The summed E-state index contributed by atoms with van der Waals surface area (Å²) in [5.41, 5.74) is 6.49. The molecular formula is C26H24ClN5S. The van der Waals surface area contributed by atoms with Crippen molar-refractivity contribution in [3.63, 3.8) is 0 Å². The van der Waals surface area contributed by atoms with E-state index in [1.54, 1.807) is 6.20 Å². The first-order valence-corrected chi connectivity index (χ1v) is 11.6. The van der Waals surface area contributed by atoms with E-state index in [1.165, 1.54) is 5.56 Å². The van der Waals surface area contributed by atoms with Crippen molar-refractivity contribution in [3.05, 3.63) is 112 Å². The highest BCUT2D eigenvalue weighted by atomic mass is 35.5. The van der Waals surface area contributed by atoms with Crippen molar-refractivity contribution in [1.29, 1.82) is 0 Å². The second kappa shape index (κ2) is 8.96. The number of halogens is 1. The number of para-hydroxylation sites is 1. The van der Waals surface area contributed by atoms with E-state index in [9.17, 15) is 0 Å². The van der Waals surface area contributed by atoms with Crippen molar-refractivity contribution in [2.45, 2.75) is 32.5 Å². The summed E-state index contributed by atoms with van der Waals surface area (Å²) in [4.78, 5) is 11.2. The molecule has 4 heterocycles. The molecule has 0 bridgehead atoms. The Morgan fingerprint density at radius 3 is 2.58 bits per heavy atom. The highest BCUT2D eigenvalue weighted by Crippen LogP contribution is 2.42. The van der Waals surface area contributed by atoms with Crippen LogP contribution in [0.1, 0.15) is 40.3 Å². The van der Waals surface area contributed by atoms with Crippen molar-refractivity contribution < 1.29 is 0 Å². The fourth-order valence-electron chi connectivity index (χ4n) is 4.69. The van der Waals surface area contributed by atoms with E-state index in [4.69, 9.17) is 23.8 Å². The molecule has 1 aliphatic heterocycles. The number of aryl methyl sites for hydroxylation is 1. The van der Waals surface area contributed by atoms with Gasteiger partial charge in [-0.25, -0.2) is 0 Å². The van der Waals surface area contributed by atoms with Crippen LogP contribution < -0.4 is 5.32 Å². The summed E-state index contributed by atoms with van der Waals surface area (Å²) < 4.78 is 2.22. The predicted octanol–water partition coefficient (Wildman–Crippen LogP) is 5.71. The molecule has 1 aliphatic rings. The SMILES string of the molecule is Cc1cc([C@@H]2[C@@H](c3ccccn3)NC(=S)N2Cc2cccnc2)c(C)n1-c1ccccc1Cl. The summed E-state index contributed by atoms with van der Waals surface area (Å²) in [5, 5.41) is 4.97. The number of hydrogen-bond acceptors (Lipinski definition) is 3. The molecule has 33 heavy (non-hydrogen) atoms. The topological polar surface area (TPSA) is 46.0 Å². The maximum atomic E-state index is 6.57. The first-order valence-electron chi connectivity index (χ1n) is 10.9. The lowest BCUT2D eigenvalue weighted by Crippen LogP contribution is -2.29. The van der Waals surface area contributed by atoms with Crippen molar-refractivity contribution in [2.75, 3.05) is 0 Å². The van der Waals surface area contributed by atoms with Crippen LogP contribution >= 0.6 is 23.8 Å². The highest BCUT2D eigenvalue weighted by Gasteiger charge is 2.41. The molecule has 0 spiro atoms. The first-order chi connectivity index (χ1) is 16.0. The number of hydrogen-bond donors (Lipinski definition) is 1. The van der Waals surface area contributed by atoms with Crippen LogP contribution in [0.3, 0.4) is 0 Å². The minimum atomic E-state index is -0.0735. The van der Waals surface area contributed by atoms with E-state index < -0.39 is 0 Å². The molecule has 1 aromatic carbocycles. The van der Waals surface area contributed by atoms with Gasteiger partial charge in [0.15, 0.2) is 5.11 Å². The molecule has 0 unspecified atom stereocenters. The number of thiocarbonyl (C=S) groups is 1. The van der Waals surface area contributed by atoms with Crippen LogP contribution in [-0.2, 0) is 6.54 Å². The Hall–Kier alpha value is -3.22. The third-order valence-electron chi connectivity index (χ3n) is 6.16. The lowest BCUT2D eigenvalue weighted by molar-refractivity contribution is 0.310. The smallest absolute Gasteiger partial charge is 0.170 e. The van der Waals surface area contributed by atoms with Gasteiger partial charge in [0.1, 0.15) is 0 Å². The van der Waals surface area contributed by atoms with Gasteiger partial charge in [0, 0.05) is 36.5 Å². The van der Waals surface area contributed by atoms with E-state index in [2.05, 4.69) is 50.7 Å². The van der Waals surface area contributed by atoms with Gasteiger partial charge in [-0.3, -0.25) is 9.97 Å². The molecule has 1 saturated heterocycles. The average Bonchev–Trinajstić information content (AvgIpc) is 3.30. The van der Waals surface area contributed by atoms with Crippen molar-refractivity contribution in [2.24, 2.45) is 0 Å². The summed E-state index contributed by atoms with van der Waals surface area (Å²) in [6.07, 6.45) is 5.50. The van der Waals surface area contributed by atoms with Gasteiger partial charge in [-0.05, 0) is 73.6 Å². The lowest BCUT2D eigenvalue weighted by atomic mass is 9.96. The second-order valence-electron chi connectivity index (χ2n) is 8.23. The Morgan fingerprint density at radius 1 is 1.03 bits per heavy atom. The fourth-order valence-corrected chi connectivity index (χ4v) is 5.22. The van der Waals surface area contributed by atoms with E-state index in [0.29, 0.717) is 11.7 Å². The molecule has 1 N–H and O–H groups in total. The van der Waals surface area contributed by atoms with Crippen molar-refractivity contribution in [3.8, 4) is 5.69 Å². The van der Waals surface area contributed by atoms with Crippen LogP contribution in [0.4, 0.5) is 0 Å². The molecule has 0 aliphatic carbocycles. The highest BCUT2D eigenvalue weighted by molar-refractivity contribution is 7.80. The molecule has 3 aromatic heterocycles. The predicted molar refractivity (Wildman–Crippen MR) is 135 cm³/mol. The Labute approximate surface area is 204 Å². The number of rotatable bonds is 5. The summed E-state index contributed by atoms with van der Waals surface area (Å²) >= 11 is 12.4. The van der Waals surface area contributed by atoms with Crippen LogP contribution in [0.5, 0.6) is 0 Å². The third-order valence-corrected chi connectivity index (χ3v) is 6.83. The maximum Gasteiger partial charge on any atom is 0.170 e. The Kier molecular flexibility index (Phi) is 5.87. The summed E-state index contributed by atoms with van der Waals surface area (Å²) in [6, 6.07) is 20.1. The summed E-state index contributed by atoms with van der Waals surface area (Å²) in [7, 11) is 0. The monoisotopic (exact) mass is 473 g/mol. The van der Waals surface area contributed by atoms with Gasteiger partial charge in [-0.2, -0.15) is 0 Å². The molecule has 0 saturated carbocycles. The third kappa shape index (κ3) is 4.01. The zero-order valence-corrected chi connectivity index (χ0v) is 20.0. The van der Waals surface area contributed by atoms with Crippen LogP contribution in [0.15, 0.2) is 79.3 Å². The van der Waals surface area contributed by atoms with Gasteiger partial charge in [-0.15, -0.1) is 0 Å². The molecule has 7 heteroatoms. The number of aromatic nitrogens is 3. The molecule has 5 rings (SSSR count). The minimum absolute atomic E-state index is 0.0324. The molecule has 0 radical (unpaired) electrons. The minimum Gasteiger partial charge on any atom is -0.352 e. The molecular weight excluding hydrogens is 450 g/mol. The zero-order chi connectivity index (χ0) is 22.9. The Morgan fingerprint density at radius 2 is 1.85 bits per heavy atom. The van der Waals surface area contributed by atoms with Crippen molar-refractivity contribution >= 4 is 28.9 Å². The molecule has 5 nitrogen and oxygen atoms in total. The van der Waals surface area contributed by atoms with Crippen LogP contribution in [0, 0.1) is 13.8 Å².